The topological polar surface area (TPSA) is 29.5 Å². The molecule has 0 aromatic rings. The van der Waals surface area contributed by atoms with Gasteiger partial charge in [0.1, 0.15) is 6.61 Å². The Morgan fingerprint density at radius 3 is 1.88 bits per heavy atom. The van der Waals surface area contributed by atoms with Crippen LogP contribution in [-0.4, -0.2) is 24.2 Å². The standard InChI is InChI=1S/C12H23F3O2/c1-6-11(5,7-10(2,3)4)9(16)17-8-12(13,14)15/h9,16H,6-8H2,1-5H3. The van der Waals surface area contributed by atoms with Gasteiger partial charge in [0.25, 0.3) is 0 Å². The first kappa shape index (κ1) is 16.7. The van der Waals surface area contributed by atoms with Crippen LogP contribution < -0.4 is 0 Å². The summed E-state index contributed by atoms with van der Waals surface area (Å²) in [5.41, 5.74) is -0.739. The van der Waals surface area contributed by atoms with Gasteiger partial charge in [-0.1, -0.05) is 34.6 Å². The fraction of sp³-hybridized carbons (Fsp3) is 1.00. The van der Waals surface area contributed by atoms with Crippen molar-refractivity contribution >= 4 is 0 Å². The van der Waals surface area contributed by atoms with Crippen molar-refractivity contribution in [2.45, 2.75) is 59.9 Å². The highest BCUT2D eigenvalue weighted by Gasteiger charge is 2.38. The van der Waals surface area contributed by atoms with Gasteiger partial charge in [-0.25, -0.2) is 0 Å². The lowest BCUT2D eigenvalue weighted by Crippen LogP contribution is -2.39. The molecule has 2 unspecified atom stereocenters. The van der Waals surface area contributed by atoms with Crippen LogP contribution in [0.15, 0.2) is 0 Å². The fourth-order valence-electron chi connectivity index (χ4n) is 1.97. The largest absolute Gasteiger partial charge is 0.411 e. The summed E-state index contributed by atoms with van der Waals surface area (Å²) in [7, 11) is 0. The molecule has 0 rings (SSSR count). The number of hydrogen-bond donors (Lipinski definition) is 1. The van der Waals surface area contributed by atoms with Crippen molar-refractivity contribution in [3.8, 4) is 0 Å². The summed E-state index contributed by atoms with van der Waals surface area (Å²) < 4.78 is 40.6. The second kappa shape index (κ2) is 5.57. The van der Waals surface area contributed by atoms with Gasteiger partial charge in [0.15, 0.2) is 6.29 Å². The molecule has 0 radical (unpaired) electrons. The molecule has 1 N–H and O–H groups in total. The summed E-state index contributed by atoms with van der Waals surface area (Å²) in [6.07, 6.45) is -4.65. The molecule has 104 valence electrons. The van der Waals surface area contributed by atoms with E-state index in [0.717, 1.165) is 0 Å². The first-order chi connectivity index (χ1) is 7.40. The third-order valence-electron chi connectivity index (χ3n) is 2.74. The number of alkyl halides is 3. The van der Waals surface area contributed by atoms with Crippen LogP contribution in [0.3, 0.4) is 0 Å². The minimum atomic E-state index is -4.41. The highest BCUT2D eigenvalue weighted by molar-refractivity contribution is 4.81. The van der Waals surface area contributed by atoms with Crippen LogP contribution in [0.2, 0.25) is 0 Å². The molecule has 2 atom stereocenters. The number of hydrogen-bond acceptors (Lipinski definition) is 2. The quantitative estimate of drug-likeness (QED) is 0.759. The average molecular weight is 256 g/mol. The fourth-order valence-corrected chi connectivity index (χ4v) is 1.97. The molecule has 0 saturated heterocycles. The highest BCUT2D eigenvalue weighted by atomic mass is 19.4. The van der Waals surface area contributed by atoms with E-state index in [9.17, 15) is 18.3 Å². The minimum absolute atomic E-state index is 0.0761. The monoisotopic (exact) mass is 256 g/mol. The van der Waals surface area contributed by atoms with Crippen LogP contribution in [0.4, 0.5) is 13.2 Å². The summed E-state index contributed by atoms with van der Waals surface area (Å²) >= 11 is 0. The van der Waals surface area contributed by atoms with Crippen molar-refractivity contribution in [3.63, 3.8) is 0 Å². The van der Waals surface area contributed by atoms with Crippen molar-refractivity contribution in [3.05, 3.63) is 0 Å². The summed E-state index contributed by atoms with van der Waals surface area (Å²) in [5, 5.41) is 9.77. The maximum atomic E-state index is 12.0. The van der Waals surface area contributed by atoms with Crippen molar-refractivity contribution in [1.82, 2.24) is 0 Å². The third kappa shape index (κ3) is 6.88. The van der Waals surface area contributed by atoms with Crippen LogP contribution in [0.25, 0.3) is 0 Å². The van der Waals surface area contributed by atoms with E-state index < -0.39 is 24.5 Å². The first-order valence-electron chi connectivity index (χ1n) is 5.76. The van der Waals surface area contributed by atoms with Crippen molar-refractivity contribution in [2.75, 3.05) is 6.61 Å². The number of ether oxygens (including phenoxy) is 1. The molecular formula is C12H23F3O2. The lowest BCUT2D eigenvalue weighted by atomic mass is 9.73. The van der Waals surface area contributed by atoms with Crippen LogP contribution in [0.1, 0.15) is 47.5 Å². The van der Waals surface area contributed by atoms with E-state index in [1.54, 1.807) is 6.92 Å². The van der Waals surface area contributed by atoms with Gasteiger partial charge in [-0.3, -0.25) is 0 Å². The van der Waals surface area contributed by atoms with Gasteiger partial charge in [-0.2, -0.15) is 13.2 Å². The SMILES string of the molecule is CCC(C)(CC(C)(C)C)C(O)OCC(F)(F)F. The Balaban J connectivity index is 4.53. The molecule has 2 nitrogen and oxygen atoms in total. The molecule has 0 aliphatic rings. The van der Waals surface area contributed by atoms with Crippen LogP contribution in [0, 0.1) is 10.8 Å². The Labute approximate surface area is 101 Å². The zero-order valence-corrected chi connectivity index (χ0v) is 11.2. The molecular weight excluding hydrogens is 233 g/mol. The zero-order valence-electron chi connectivity index (χ0n) is 11.2. The summed E-state index contributed by atoms with van der Waals surface area (Å²) in [6, 6.07) is 0. The maximum Gasteiger partial charge on any atom is 0.411 e. The predicted molar refractivity (Wildman–Crippen MR) is 60.5 cm³/mol. The molecule has 0 heterocycles. The van der Waals surface area contributed by atoms with Gasteiger partial charge in [0.2, 0.25) is 0 Å². The molecule has 0 aromatic carbocycles. The van der Waals surface area contributed by atoms with Gasteiger partial charge in [0, 0.05) is 5.41 Å². The molecule has 0 spiro atoms. The predicted octanol–water partition coefficient (Wildman–Crippen LogP) is 3.74. The molecule has 0 aliphatic carbocycles. The Kier molecular flexibility index (Phi) is 5.47. The minimum Gasteiger partial charge on any atom is -0.367 e. The van der Waals surface area contributed by atoms with E-state index in [2.05, 4.69) is 4.74 Å². The Morgan fingerprint density at radius 2 is 1.59 bits per heavy atom. The second-order valence-corrected chi connectivity index (χ2v) is 6.02. The van der Waals surface area contributed by atoms with Gasteiger partial charge >= 0.3 is 6.18 Å². The van der Waals surface area contributed by atoms with E-state index in [4.69, 9.17) is 0 Å². The lowest BCUT2D eigenvalue weighted by molar-refractivity contribution is -0.247. The van der Waals surface area contributed by atoms with Gasteiger partial charge in [-0.15, -0.1) is 0 Å². The molecule has 0 aliphatic heterocycles. The van der Waals surface area contributed by atoms with Gasteiger partial charge in [0.05, 0.1) is 0 Å². The van der Waals surface area contributed by atoms with Crippen LogP contribution in [-0.2, 0) is 4.74 Å². The van der Waals surface area contributed by atoms with E-state index in [0.29, 0.717) is 12.8 Å². The molecule has 0 bridgehead atoms. The normalized spacial score (nSPS) is 18.9. The number of aliphatic hydroxyl groups excluding tert-OH is 1. The number of halogens is 3. The second-order valence-electron chi connectivity index (χ2n) is 6.02. The number of rotatable bonds is 5. The van der Waals surface area contributed by atoms with Crippen LogP contribution in [0.5, 0.6) is 0 Å². The van der Waals surface area contributed by atoms with Crippen molar-refractivity contribution < 1.29 is 23.0 Å². The smallest absolute Gasteiger partial charge is 0.367 e. The lowest BCUT2D eigenvalue weighted by Gasteiger charge is -2.38. The van der Waals surface area contributed by atoms with Crippen molar-refractivity contribution in [2.24, 2.45) is 10.8 Å². The summed E-state index contributed by atoms with van der Waals surface area (Å²) in [4.78, 5) is 0. The summed E-state index contributed by atoms with van der Waals surface area (Å²) in [6.45, 7) is 8.13. The molecule has 0 fully saturated rings. The van der Waals surface area contributed by atoms with E-state index >= 15 is 0 Å². The zero-order chi connectivity index (χ0) is 13.9. The van der Waals surface area contributed by atoms with Gasteiger partial charge < -0.3 is 9.84 Å². The molecule has 0 saturated carbocycles. The Hall–Kier alpha value is -0.290. The number of aliphatic hydroxyl groups is 1. The van der Waals surface area contributed by atoms with E-state index in [-0.39, 0.29) is 5.41 Å². The first-order valence-corrected chi connectivity index (χ1v) is 5.76. The molecule has 17 heavy (non-hydrogen) atoms. The average Bonchev–Trinajstić information content (AvgIpc) is 2.10. The molecule has 5 heteroatoms. The van der Waals surface area contributed by atoms with Crippen molar-refractivity contribution in [1.29, 1.82) is 0 Å². The Bertz CT molecular complexity index is 233. The Morgan fingerprint density at radius 1 is 1.12 bits per heavy atom. The highest BCUT2D eigenvalue weighted by Crippen LogP contribution is 2.39. The molecule has 0 aromatic heterocycles. The molecule has 0 amide bonds. The van der Waals surface area contributed by atoms with Gasteiger partial charge in [-0.05, 0) is 18.3 Å². The van der Waals surface area contributed by atoms with E-state index in [1.165, 1.54) is 0 Å². The third-order valence-corrected chi connectivity index (χ3v) is 2.74. The van der Waals surface area contributed by atoms with Crippen LogP contribution >= 0.6 is 0 Å². The summed E-state index contributed by atoms with van der Waals surface area (Å²) in [5.74, 6) is 0. The van der Waals surface area contributed by atoms with E-state index in [1.807, 2.05) is 27.7 Å². The maximum absolute atomic E-state index is 12.0.